The van der Waals surface area contributed by atoms with Crippen LogP contribution in [-0.4, -0.2) is 40.4 Å². The average Bonchev–Trinajstić information content (AvgIpc) is 3.41. The van der Waals surface area contributed by atoms with Crippen molar-refractivity contribution < 1.29 is 0 Å². The van der Waals surface area contributed by atoms with Crippen LogP contribution in [0.3, 0.4) is 0 Å². The van der Waals surface area contributed by atoms with Crippen molar-refractivity contribution in [2.75, 3.05) is 5.32 Å². The number of hydrogen-bond donors (Lipinski definition) is 3. The molecule has 1 aliphatic heterocycles. The standard InChI is InChI=1S/C19H22N10/c1-10(2)15-21-17-14(11(3)24-28(17)26-15)23-19(20)12(4)25-29-18(19)22-16(27-29)13-8-6-5-7-9-13/h5-10,23-24H,20H2,1-4H3. The van der Waals surface area contributed by atoms with E-state index in [2.05, 4.69) is 49.5 Å². The minimum atomic E-state index is -1.11. The van der Waals surface area contributed by atoms with Gasteiger partial charge in [-0.05, 0) is 13.8 Å². The summed E-state index contributed by atoms with van der Waals surface area (Å²) < 4.78 is 1.66. The normalized spacial score (nSPS) is 18.5. The summed E-state index contributed by atoms with van der Waals surface area (Å²) in [6, 6.07) is 9.75. The van der Waals surface area contributed by atoms with Gasteiger partial charge in [0.05, 0.1) is 11.4 Å². The van der Waals surface area contributed by atoms with Gasteiger partial charge in [0.15, 0.2) is 28.8 Å². The van der Waals surface area contributed by atoms with Crippen molar-refractivity contribution in [1.29, 1.82) is 0 Å². The Balaban J connectivity index is 1.58. The average molecular weight is 390 g/mol. The van der Waals surface area contributed by atoms with E-state index in [1.807, 2.05) is 44.2 Å². The molecule has 0 radical (unpaired) electrons. The molecule has 0 saturated carbocycles. The predicted octanol–water partition coefficient (Wildman–Crippen LogP) is 2.21. The second-order valence-electron chi connectivity index (χ2n) is 7.60. The van der Waals surface area contributed by atoms with E-state index in [1.54, 1.807) is 4.63 Å². The highest BCUT2D eigenvalue weighted by molar-refractivity contribution is 5.96. The first-order valence-electron chi connectivity index (χ1n) is 9.48. The minimum absolute atomic E-state index is 0.217. The second kappa shape index (κ2) is 5.98. The molecule has 1 atom stereocenters. The molecule has 3 aromatic heterocycles. The smallest absolute Gasteiger partial charge is 0.199 e. The lowest BCUT2D eigenvalue weighted by atomic mass is 10.1. The summed E-state index contributed by atoms with van der Waals surface area (Å²) in [5.74, 6) is 2.08. The van der Waals surface area contributed by atoms with E-state index in [9.17, 15) is 0 Å². The van der Waals surface area contributed by atoms with Crippen molar-refractivity contribution >= 4 is 17.0 Å². The lowest BCUT2D eigenvalue weighted by Gasteiger charge is -2.24. The molecule has 10 nitrogen and oxygen atoms in total. The molecule has 1 unspecified atom stereocenters. The van der Waals surface area contributed by atoms with Gasteiger partial charge in [-0.1, -0.05) is 44.2 Å². The molecule has 4 N–H and O–H groups in total. The molecule has 0 bridgehead atoms. The van der Waals surface area contributed by atoms with Crippen LogP contribution in [-0.2, 0) is 5.66 Å². The number of rotatable bonds is 4. The number of H-pyrrole nitrogens is 1. The van der Waals surface area contributed by atoms with E-state index >= 15 is 0 Å². The number of nitrogens with one attached hydrogen (secondary N) is 2. The third-order valence-electron chi connectivity index (χ3n) is 5.13. The number of nitrogens with two attached hydrogens (primary N) is 1. The van der Waals surface area contributed by atoms with Gasteiger partial charge in [0.2, 0.25) is 0 Å². The molecule has 0 spiro atoms. The van der Waals surface area contributed by atoms with Gasteiger partial charge in [-0.25, -0.2) is 9.97 Å². The van der Waals surface area contributed by atoms with Gasteiger partial charge in [0.25, 0.3) is 0 Å². The molecule has 148 valence electrons. The van der Waals surface area contributed by atoms with Crippen LogP contribution in [0.15, 0.2) is 35.4 Å². The third kappa shape index (κ3) is 2.56. The number of aromatic nitrogens is 7. The first kappa shape index (κ1) is 17.6. The summed E-state index contributed by atoms with van der Waals surface area (Å²) >= 11 is 0. The van der Waals surface area contributed by atoms with Crippen LogP contribution in [0.2, 0.25) is 0 Å². The molecule has 29 heavy (non-hydrogen) atoms. The topological polar surface area (TPSA) is 127 Å². The highest BCUT2D eigenvalue weighted by Crippen LogP contribution is 2.32. The van der Waals surface area contributed by atoms with Crippen LogP contribution in [0.25, 0.3) is 17.0 Å². The van der Waals surface area contributed by atoms with Crippen LogP contribution in [0.4, 0.5) is 5.69 Å². The molecule has 1 aromatic carbocycles. The van der Waals surface area contributed by atoms with E-state index in [0.717, 1.165) is 22.8 Å². The fourth-order valence-corrected chi connectivity index (χ4v) is 3.40. The van der Waals surface area contributed by atoms with Crippen molar-refractivity contribution in [2.24, 2.45) is 10.8 Å². The number of anilines is 1. The van der Waals surface area contributed by atoms with E-state index in [1.165, 1.54) is 4.79 Å². The van der Waals surface area contributed by atoms with Crippen LogP contribution < -0.4 is 11.1 Å². The summed E-state index contributed by atoms with van der Waals surface area (Å²) in [7, 11) is 0. The van der Waals surface area contributed by atoms with E-state index in [4.69, 9.17) is 5.73 Å². The number of hydrogen-bond acceptors (Lipinski definition) is 7. The van der Waals surface area contributed by atoms with Gasteiger partial charge in [-0.3, -0.25) is 10.8 Å². The highest BCUT2D eigenvalue weighted by atomic mass is 15.6. The monoisotopic (exact) mass is 390 g/mol. The van der Waals surface area contributed by atoms with Crippen molar-refractivity contribution in [2.45, 2.75) is 39.3 Å². The van der Waals surface area contributed by atoms with Gasteiger partial charge < -0.3 is 5.32 Å². The Morgan fingerprint density at radius 3 is 2.59 bits per heavy atom. The zero-order valence-corrected chi connectivity index (χ0v) is 16.7. The maximum absolute atomic E-state index is 6.79. The third-order valence-corrected chi connectivity index (χ3v) is 5.13. The molecule has 0 aliphatic carbocycles. The lowest BCUT2D eigenvalue weighted by molar-refractivity contribution is 0.622. The maximum atomic E-state index is 6.79. The molecule has 10 heteroatoms. The second-order valence-corrected chi connectivity index (χ2v) is 7.60. The van der Waals surface area contributed by atoms with Gasteiger partial charge in [0.1, 0.15) is 5.69 Å². The lowest BCUT2D eigenvalue weighted by Crippen LogP contribution is -2.49. The quantitative estimate of drug-likeness (QED) is 0.459. The van der Waals surface area contributed by atoms with Crippen molar-refractivity contribution in [3.8, 4) is 11.4 Å². The molecular formula is C19H22N10. The van der Waals surface area contributed by atoms with Gasteiger partial charge in [0, 0.05) is 11.5 Å². The summed E-state index contributed by atoms with van der Waals surface area (Å²) in [5, 5.41) is 20.1. The molecule has 0 fully saturated rings. The van der Waals surface area contributed by atoms with Gasteiger partial charge in [-0.15, -0.1) is 15.0 Å². The van der Waals surface area contributed by atoms with Gasteiger partial charge in [-0.2, -0.15) is 9.73 Å². The number of fused-ring (bicyclic) bond motifs is 2. The van der Waals surface area contributed by atoms with E-state index in [-0.39, 0.29) is 5.92 Å². The van der Waals surface area contributed by atoms with Crippen LogP contribution in [0.5, 0.6) is 0 Å². The van der Waals surface area contributed by atoms with E-state index in [0.29, 0.717) is 23.0 Å². The zero-order valence-electron chi connectivity index (χ0n) is 16.7. The van der Waals surface area contributed by atoms with Crippen molar-refractivity contribution in [1.82, 2.24) is 34.7 Å². The maximum Gasteiger partial charge on any atom is 0.199 e. The Morgan fingerprint density at radius 2 is 1.86 bits per heavy atom. The summed E-state index contributed by atoms with van der Waals surface area (Å²) in [6.07, 6.45) is 0. The highest BCUT2D eigenvalue weighted by Gasteiger charge is 2.43. The molecule has 5 rings (SSSR count). The Labute approximate surface area is 166 Å². The Kier molecular flexibility index (Phi) is 3.62. The molecule has 4 aromatic rings. The summed E-state index contributed by atoms with van der Waals surface area (Å²) in [6.45, 7) is 7.91. The Bertz CT molecular complexity index is 1240. The Morgan fingerprint density at radius 1 is 1.10 bits per heavy atom. The SMILES string of the molecule is CC1=Nn2nc(-c3ccccc3)nc2C1(N)Nc1c(C)[nH]n2nc(C(C)C)nc12. The van der Waals surface area contributed by atoms with Crippen LogP contribution in [0.1, 0.15) is 44.0 Å². The molecular weight excluding hydrogens is 368 g/mol. The first-order valence-corrected chi connectivity index (χ1v) is 9.48. The number of benzene rings is 1. The van der Waals surface area contributed by atoms with Crippen LogP contribution in [0, 0.1) is 6.92 Å². The summed E-state index contributed by atoms with van der Waals surface area (Å²) in [5.41, 5.74) is 9.56. The van der Waals surface area contributed by atoms with Crippen LogP contribution >= 0.6 is 0 Å². The minimum Gasteiger partial charge on any atom is -0.352 e. The number of nitrogens with zero attached hydrogens (tertiary/aromatic N) is 7. The van der Waals surface area contributed by atoms with Crippen molar-refractivity contribution in [3.63, 3.8) is 0 Å². The molecule has 1 aliphatic rings. The number of aromatic amines is 1. The largest absolute Gasteiger partial charge is 0.352 e. The van der Waals surface area contributed by atoms with Gasteiger partial charge >= 0.3 is 0 Å². The number of aryl methyl sites for hydroxylation is 1. The fraction of sp³-hybridized carbons (Fsp3) is 0.316. The zero-order chi connectivity index (χ0) is 20.3. The predicted molar refractivity (Wildman–Crippen MR) is 110 cm³/mol. The molecule has 4 heterocycles. The Hall–Kier alpha value is -3.53. The first-order chi connectivity index (χ1) is 13.9. The van der Waals surface area contributed by atoms with Crippen molar-refractivity contribution in [3.05, 3.63) is 47.7 Å². The summed E-state index contributed by atoms with van der Waals surface area (Å²) in [4.78, 5) is 10.8. The fourth-order valence-electron chi connectivity index (χ4n) is 3.40. The van der Waals surface area contributed by atoms with E-state index < -0.39 is 5.66 Å². The molecule has 0 saturated heterocycles. The molecule has 0 amide bonds.